The number of hydrogen-bond acceptors (Lipinski definition) is 0. The molecule has 0 aliphatic rings. The van der Waals surface area contributed by atoms with Gasteiger partial charge in [0.2, 0.25) is 0 Å². The summed E-state index contributed by atoms with van der Waals surface area (Å²) < 4.78 is 45.4. The van der Waals surface area contributed by atoms with Gasteiger partial charge in [-0.15, -0.1) is 0 Å². The van der Waals surface area contributed by atoms with E-state index in [4.69, 9.17) is 0 Å². The maximum atomic E-state index is 11.8. The van der Waals surface area contributed by atoms with E-state index in [9.17, 15) is 17.6 Å². The summed E-state index contributed by atoms with van der Waals surface area (Å²) >= 11 is 0. The van der Waals surface area contributed by atoms with Crippen molar-refractivity contribution in [2.24, 2.45) is 11.8 Å². The molecule has 0 nitrogen and oxygen atoms in total. The minimum absolute atomic E-state index is 0.185. The van der Waals surface area contributed by atoms with Gasteiger partial charge in [0.05, 0.1) is 6.17 Å². The normalized spacial score (nSPS) is 14.1. The van der Waals surface area contributed by atoms with Crippen molar-refractivity contribution in [2.75, 3.05) is 0 Å². The lowest BCUT2D eigenvalue weighted by atomic mass is 10.1. The van der Waals surface area contributed by atoms with Crippen molar-refractivity contribution < 1.29 is 17.6 Å². The third kappa shape index (κ3) is 11.7. The molecule has 0 N–H and O–H groups in total. The van der Waals surface area contributed by atoms with E-state index >= 15 is 0 Å². The molecule has 0 saturated carbocycles. The first-order chi connectivity index (χ1) is 5.59. The standard InChI is InChI=1S/C5H11F.C4H7F3/c1-4(2)5(3)6;1-3(2)4(5,6)7/h4-5H,1-3H3;3H,1-2H3. The van der Waals surface area contributed by atoms with Gasteiger partial charge in [0.1, 0.15) is 0 Å². The zero-order valence-corrected chi connectivity index (χ0v) is 8.74. The minimum atomic E-state index is -4.00. The third-order valence-electron chi connectivity index (χ3n) is 1.57. The largest absolute Gasteiger partial charge is 0.391 e. The van der Waals surface area contributed by atoms with E-state index in [1.807, 2.05) is 13.8 Å². The fourth-order valence-electron chi connectivity index (χ4n) is 0. The van der Waals surface area contributed by atoms with Crippen LogP contribution in [0.25, 0.3) is 0 Å². The van der Waals surface area contributed by atoms with Crippen molar-refractivity contribution in [3.05, 3.63) is 0 Å². The van der Waals surface area contributed by atoms with Crippen LogP contribution in [-0.2, 0) is 0 Å². The van der Waals surface area contributed by atoms with Gasteiger partial charge < -0.3 is 0 Å². The fraction of sp³-hybridized carbons (Fsp3) is 1.00. The summed E-state index contributed by atoms with van der Waals surface area (Å²) in [5.41, 5.74) is 0. The van der Waals surface area contributed by atoms with E-state index in [2.05, 4.69) is 0 Å². The Kier molecular flexibility index (Phi) is 7.27. The quantitative estimate of drug-likeness (QED) is 0.559. The lowest BCUT2D eigenvalue weighted by Gasteiger charge is -2.07. The van der Waals surface area contributed by atoms with E-state index in [0.29, 0.717) is 0 Å². The third-order valence-corrected chi connectivity index (χ3v) is 1.57. The Morgan fingerprint density at radius 2 is 1.00 bits per heavy atom. The van der Waals surface area contributed by atoms with Crippen LogP contribution in [-0.4, -0.2) is 12.3 Å². The second-order valence-corrected chi connectivity index (χ2v) is 3.62. The molecule has 0 heterocycles. The van der Waals surface area contributed by atoms with E-state index < -0.39 is 18.3 Å². The average Bonchev–Trinajstić information content (AvgIpc) is 1.86. The first-order valence-electron chi connectivity index (χ1n) is 4.29. The molecule has 0 aromatic carbocycles. The smallest absolute Gasteiger partial charge is 0.248 e. The Labute approximate surface area is 77.3 Å². The highest BCUT2D eigenvalue weighted by molar-refractivity contribution is 4.52. The van der Waals surface area contributed by atoms with Crippen LogP contribution in [0.2, 0.25) is 0 Å². The molecule has 0 rings (SSSR count). The van der Waals surface area contributed by atoms with Crippen LogP contribution in [0.15, 0.2) is 0 Å². The second-order valence-electron chi connectivity index (χ2n) is 3.62. The fourth-order valence-corrected chi connectivity index (χ4v) is 0. The molecule has 0 fully saturated rings. The molecular formula is C9H18F4. The minimum Gasteiger partial charge on any atom is -0.248 e. The van der Waals surface area contributed by atoms with Gasteiger partial charge in [-0.1, -0.05) is 27.7 Å². The molecule has 0 aromatic rings. The molecule has 0 aromatic heterocycles. The number of alkyl halides is 4. The van der Waals surface area contributed by atoms with Crippen LogP contribution in [0.5, 0.6) is 0 Å². The monoisotopic (exact) mass is 202 g/mol. The Hall–Kier alpha value is -0.280. The van der Waals surface area contributed by atoms with Crippen LogP contribution in [0, 0.1) is 11.8 Å². The molecule has 0 aliphatic heterocycles. The van der Waals surface area contributed by atoms with Gasteiger partial charge in [-0.3, -0.25) is 0 Å². The predicted octanol–water partition coefficient (Wildman–Crippen LogP) is 4.21. The lowest BCUT2D eigenvalue weighted by Crippen LogP contribution is -2.15. The van der Waals surface area contributed by atoms with Gasteiger partial charge >= 0.3 is 6.18 Å². The summed E-state index contributed by atoms with van der Waals surface area (Å²) in [6.45, 7) is 7.56. The van der Waals surface area contributed by atoms with Crippen molar-refractivity contribution in [1.29, 1.82) is 0 Å². The summed E-state index contributed by atoms with van der Waals surface area (Å²) in [5, 5.41) is 0. The van der Waals surface area contributed by atoms with Crippen molar-refractivity contribution in [3.63, 3.8) is 0 Å². The van der Waals surface area contributed by atoms with Gasteiger partial charge in [-0.05, 0) is 12.8 Å². The summed E-state index contributed by atoms with van der Waals surface area (Å²) in [7, 11) is 0. The first-order valence-corrected chi connectivity index (χ1v) is 4.29. The van der Waals surface area contributed by atoms with Crippen LogP contribution < -0.4 is 0 Å². The number of rotatable bonds is 1. The van der Waals surface area contributed by atoms with E-state index in [1.54, 1.807) is 6.92 Å². The highest BCUT2D eigenvalue weighted by Gasteiger charge is 2.31. The van der Waals surface area contributed by atoms with Gasteiger partial charge in [-0.2, -0.15) is 13.2 Å². The molecule has 13 heavy (non-hydrogen) atoms. The van der Waals surface area contributed by atoms with Gasteiger partial charge in [0.25, 0.3) is 0 Å². The molecule has 4 heteroatoms. The van der Waals surface area contributed by atoms with Gasteiger partial charge in [0.15, 0.2) is 0 Å². The summed E-state index contributed by atoms with van der Waals surface area (Å²) in [4.78, 5) is 0. The molecular weight excluding hydrogens is 184 g/mol. The molecule has 1 unspecified atom stereocenters. The maximum Gasteiger partial charge on any atom is 0.391 e. The highest BCUT2D eigenvalue weighted by atomic mass is 19.4. The zero-order chi connectivity index (χ0) is 11.2. The zero-order valence-electron chi connectivity index (χ0n) is 8.74. The van der Waals surface area contributed by atoms with Gasteiger partial charge in [0, 0.05) is 5.92 Å². The van der Waals surface area contributed by atoms with Gasteiger partial charge in [-0.25, -0.2) is 4.39 Å². The second kappa shape index (κ2) is 6.22. The highest BCUT2D eigenvalue weighted by Crippen LogP contribution is 2.24. The average molecular weight is 202 g/mol. The van der Waals surface area contributed by atoms with Crippen LogP contribution in [0.4, 0.5) is 17.6 Å². The number of hydrogen-bond donors (Lipinski definition) is 0. The van der Waals surface area contributed by atoms with Crippen molar-refractivity contribution in [2.45, 2.75) is 47.0 Å². The Morgan fingerprint density at radius 3 is 1.00 bits per heavy atom. The van der Waals surface area contributed by atoms with Crippen LogP contribution in [0.1, 0.15) is 34.6 Å². The SMILES string of the molecule is CC(C)C(C)F.CC(C)C(F)(F)F. The van der Waals surface area contributed by atoms with Crippen molar-refractivity contribution >= 4 is 0 Å². The van der Waals surface area contributed by atoms with Crippen molar-refractivity contribution in [3.8, 4) is 0 Å². The van der Waals surface area contributed by atoms with Crippen LogP contribution in [0.3, 0.4) is 0 Å². The molecule has 0 bridgehead atoms. The molecule has 0 radical (unpaired) electrons. The molecule has 0 aliphatic carbocycles. The van der Waals surface area contributed by atoms with E-state index in [-0.39, 0.29) is 5.92 Å². The molecule has 0 saturated heterocycles. The predicted molar refractivity (Wildman–Crippen MR) is 46.3 cm³/mol. The van der Waals surface area contributed by atoms with E-state index in [0.717, 1.165) is 13.8 Å². The Bertz CT molecular complexity index is 107. The first kappa shape index (κ1) is 15.2. The number of halogens is 4. The maximum absolute atomic E-state index is 11.8. The summed E-state index contributed by atoms with van der Waals surface area (Å²) in [6.07, 6.45) is -4.65. The van der Waals surface area contributed by atoms with Crippen LogP contribution >= 0.6 is 0 Å². The lowest BCUT2D eigenvalue weighted by molar-refractivity contribution is -0.164. The Balaban J connectivity index is 0. The topological polar surface area (TPSA) is 0 Å². The summed E-state index contributed by atoms with van der Waals surface area (Å²) in [6, 6.07) is 0. The molecule has 0 amide bonds. The Morgan fingerprint density at radius 1 is 0.846 bits per heavy atom. The van der Waals surface area contributed by atoms with E-state index in [1.165, 1.54) is 0 Å². The summed E-state index contributed by atoms with van der Waals surface area (Å²) in [5.74, 6) is -1.02. The molecule has 0 spiro atoms. The van der Waals surface area contributed by atoms with Crippen molar-refractivity contribution in [1.82, 2.24) is 0 Å². The molecule has 1 atom stereocenters. The molecule has 82 valence electrons.